The lowest BCUT2D eigenvalue weighted by Gasteiger charge is -2.52. The first-order valence-corrected chi connectivity index (χ1v) is 38.1. The van der Waals surface area contributed by atoms with Crippen molar-refractivity contribution in [3.8, 4) is 0 Å². The lowest BCUT2D eigenvalue weighted by Crippen LogP contribution is -2.69. The number of aliphatic hydroxyl groups is 3. The molecule has 0 aliphatic carbocycles. The van der Waals surface area contributed by atoms with Crippen LogP contribution in [-0.4, -0.2) is 235 Å². The minimum absolute atomic E-state index is 0.0155. The summed E-state index contributed by atoms with van der Waals surface area (Å²) in [6, 6.07) is 32.0. The summed E-state index contributed by atoms with van der Waals surface area (Å²) in [4.78, 5) is 59.0. The number of benzene rings is 4. The molecule has 25 heteroatoms. The van der Waals surface area contributed by atoms with Crippen LogP contribution in [0.2, 0.25) is 0 Å². The molecule has 0 spiro atoms. The van der Waals surface area contributed by atoms with E-state index >= 15 is 9.59 Å². The van der Waals surface area contributed by atoms with Crippen LogP contribution in [0.4, 0.5) is 0 Å². The van der Waals surface area contributed by atoms with E-state index in [1.165, 1.54) is 48.5 Å². The Morgan fingerprint density at radius 2 is 0.590 bits per heavy atom. The summed E-state index contributed by atoms with van der Waals surface area (Å²) < 4.78 is 122. The highest BCUT2D eigenvalue weighted by Crippen LogP contribution is 2.40. The van der Waals surface area contributed by atoms with Gasteiger partial charge in [0.1, 0.15) is 73.2 Å². The molecule has 8 unspecified atom stereocenters. The minimum Gasteiger partial charge on any atom is -0.452 e. The van der Waals surface area contributed by atoms with Crippen molar-refractivity contribution < 1.29 is 120 Å². The smallest absolute Gasteiger partial charge is 0.338 e. The molecule has 4 aliphatic heterocycles. The third-order valence-corrected chi connectivity index (χ3v) is 18.5. The number of hydrogen-bond acceptors (Lipinski definition) is 25. The molecule has 0 radical (unpaired) electrons. The fourth-order valence-corrected chi connectivity index (χ4v) is 12.5. The first-order valence-electron chi connectivity index (χ1n) is 38.1. The molecule has 4 aliphatic rings. The molecular formula is C80H114O25. The number of carbonyl (C=O) groups is 4. The Morgan fingerprint density at radius 3 is 0.952 bits per heavy atom. The highest BCUT2D eigenvalue weighted by Gasteiger charge is 2.60. The lowest BCUT2D eigenvalue weighted by molar-refractivity contribution is -0.393. The Bertz CT molecular complexity index is 3050. The molecule has 4 aromatic rings. The van der Waals surface area contributed by atoms with E-state index in [9.17, 15) is 24.9 Å². The third-order valence-electron chi connectivity index (χ3n) is 18.5. The van der Waals surface area contributed by atoms with E-state index in [1.54, 1.807) is 72.8 Å². The number of hydrogen-bond donors (Lipinski definition) is 3. The fraction of sp³-hybridized carbons (Fsp3) is 0.650. The average Bonchev–Trinajstić information content (AvgIpc) is 0.763. The van der Waals surface area contributed by atoms with E-state index in [4.69, 9.17) is 85.3 Å². The number of rotatable bonds is 46. The zero-order valence-corrected chi connectivity index (χ0v) is 62.1. The van der Waals surface area contributed by atoms with E-state index in [2.05, 4.69) is 13.8 Å². The van der Waals surface area contributed by atoms with Crippen molar-refractivity contribution in [3.63, 3.8) is 0 Å². The van der Waals surface area contributed by atoms with Gasteiger partial charge in [0.25, 0.3) is 0 Å². The second kappa shape index (κ2) is 46.4. The minimum atomic E-state index is -1.93. The van der Waals surface area contributed by atoms with Crippen LogP contribution in [-0.2, 0) is 85.3 Å². The maximum Gasteiger partial charge on any atom is 0.338 e. The molecule has 20 atom stereocenters. The third kappa shape index (κ3) is 25.1. The number of esters is 4. The van der Waals surface area contributed by atoms with Crippen molar-refractivity contribution in [2.75, 3.05) is 72.7 Å². The summed E-state index contributed by atoms with van der Waals surface area (Å²) in [5, 5.41) is 35.0. The monoisotopic (exact) mass is 1470 g/mol. The van der Waals surface area contributed by atoms with Crippen LogP contribution >= 0.6 is 0 Å². The predicted octanol–water partition coefficient (Wildman–Crippen LogP) is 10.5. The van der Waals surface area contributed by atoms with Crippen LogP contribution in [0.25, 0.3) is 0 Å². The molecule has 0 saturated carbocycles. The fourth-order valence-electron chi connectivity index (χ4n) is 12.5. The summed E-state index contributed by atoms with van der Waals surface area (Å²) in [5.41, 5.74) is 0.283. The van der Waals surface area contributed by atoms with Crippen molar-refractivity contribution in [3.05, 3.63) is 144 Å². The van der Waals surface area contributed by atoms with E-state index in [0.29, 0.717) is 65.0 Å². The molecule has 105 heavy (non-hydrogen) atoms. The van der Waals surface area contributed by atoms with Crippen LogP contribution in [0.1, 0.15) is 180 Å². The second-order valence-corrected chi connectivity index (χ2v) is 26.7. The highest BCUT2D eigenvalue weighted by molar-refractivity contribution is 5.91. The van der Waals surface area contributed by atoms with Crippen molar-refractivity contribution >= 4 is 23.9 Å². The molecule has 0 bridgehead atoms. The van der Waals surface area contributed by atoms with Crippen molar-refractivity contribution in [2.24, 2.45) is 0 Å². The molecule has 8 rings (SSSR count). The molecule has 584 valence electrons. The maximum absolute atomic E-state index is 15.2. The SMILES string of the molecule is CCCCOCC1O[C@@H](O[C@@H]2C(COCCCC)O[C@H](O[C@H]3C(COCCCC)O[C@H](O)C(OCCCC)[C@H]3OCCCC)C(OCCCC)[C@H]2OCCCC)[C@@H](OC(=O)c2ccccc2)C(OC(=O)c2ccccc2)[C@@H]1O[C@@H]1OC(CO)[C@@H](O)C(OC(=O)c2ccccc2)[C@@H]1OC(=O)c1ccccc1. The van der Waals surface area contributed by atoms with Gasteiger partial charge in [-0.2, -0.15) is 0 Å². The molecule has 25 nitrogen and oxygen atoms in total. The lowest BCUT2D eigenvalue weighted by atomic mass is 9.94. The molecule has 4 heterocycles. The van der Waals surface area contributed by atoms with Gasteiger partial charge in [-0.25, -0.2) is 19.2 Å². The van der Waals surface area contributed by atoms with E-state index < -0.39 is 153 Å². The zero-order valence-electron chi connectivity index (χ0n) is 62.1. The summed E-state index contributed by atoms with van der Waals surface area (Å²) in [6.45, 7) is 14.8. The first-order chi connectivity index (χ1) is 51.3. The quantitative estimate of drug-likeness (QED) is 0.0210. The van der Waals surface area contributed by atoms with Gasteiger partial charge in [0.15, 0.2) is 49.6 Å². The Morgan fingerprint density at radius 1 is 0.314 bits per heavy atom. The van der Waals surface area contributed by atoms with Gasteiger partial charge in [-0.1, -0.05) is 166 Å². The number of aliphatic hydroxyl groups excluding tert-OH is 3. The van der Waals surface area contributed by atoms with E-state index in [0.717, 1.165) is 51.4 Å². The molecule has 4 fully saturated rings. The van der Waals surface area contributed by atoms with Gasteiger partial charge in [0, 0.05) is 46.2 Å². The zero-order chi connectivity index (χ0) is 74.7. The highest BCUT2D eigenvalue weighted by atomic mass is 16.8. The number of ether oxygens (including phenoxy) is 18. The van der Waals surface area contributed by atoms with E-state index in [-0.39, 0.29) is 61.9 Å². The summed E-state index contributed by atoms with van der Waals surface area (Å²) in [7, 11) is 0. The molecule has 4 saturated heterocycles. The van der Waals surface area contributed by atoms with Gasteiger partial charge in [-0.3, -0.25) is 0 Å². The van der Waals surface area contributed by atoms with Gasteiger partial charge in [0.2, 0.25) is 0 Å². The van der Waals surface area contributed by atoms with Crippen LogP contribution in [0.15, 0.2) is 121 Å². The second-order valence-electron chi connectivity index (χ2n) is 26.7. The molecule has 0 aromatic heterocycles. The molecular weight excluding hydrogens is 1360 g/mol. The molecule has 0 amide bonds. The summed E-state index contributed by atoms with van der Waals surface area (Å²) in [6.07, 6.45) is -18.8. The Labute approximate surface area is 618 Å². The standard InChI is InChI=1S/C80H114O25/c1-8-15-42-88-50-58-62(66(91-45-18-11-4)69(77(87)95-58)93-47-20-13-6)103-78-70(94-48-21-14-7)67(92-46-19-12-5)63(59(97-78)51-89-43-16-9-2)104-80-72(102-76(86)56-40-32-25-33-41-56)68(100-74(84)54-36-28-23-29-37-54)64(60(98-80)52-90-44-17-10-3)105-79-71(101-75(85)55-38-30-24-31-39-55)65(61(82)57(49-81)96-79)99-73(83)53-34-26-22-27-35-53/h22-41,57-72,77-82,87H,8-21,42-52H2,1-7H3/t57?,58?,59?,60?,61-,62+,63-,64-,65?,66+,67+,68?,69?,70?,71+,72+,77+,78-,79+,80+/m1/s1. The molecule has 3 N–H and O–H groups in total. The topological polar surface area (TPSA) is 295 Å². The average molecular weight is 1480 g/mol. The van der Waals surface area contributed by atoms with Gasteiger partial charge >= 0.3 is 23.9 Å². The van der Waals surface area contributed by atoms with Gasteiger partial charge in [-0.05, 0) is 93.5 Å². The van der Waals surface area contributed by atoms with Crippen LogP contribution in [0.5, 0.6) is 0 Å². The number of carbonyl (C=O) groups excluding carboxylic acids is 4. The van der Waals surface area contributed by atoms with Crippen LogP contribution in [0, 0.1) is 0 Å². The Balaban J connectivity index is 1.30. The van der Waals surface area contributed by atoms with Gasteiger partial charge in [-0.15, -0.1) is 0 Å². The maximum atomic E-state index is 15.2. The Hall–Kier alpha value is -5.92. The molecule has 4 aromatic carbocycles. The van der Waals surface area contributed by atoms with Gasteiger partial charge in [0.05, 0.1) is 48.7 Å². The van der Waals surface area contributed by atoms with Crippen molar-refractivity contribution in [2.45, 2.75) is 261 Å². The summed E-state index contributed by atoms with van der Waals surface area (Å²) in [5.74, 6) is -3.72. The number of unbranched alkanes of at least 4 members (excludes halogenated alkanes) is 7. The van der Waals surface area contributed by atoms with E-state index in [1.807, 2.05) is 34.6 Å². The largest absolute Gasteiger partial charge is 0.452 e. The van der Waals surface area contributed by atoms with Crippen LogP contribution in [0.3, 0.4) is 0 Å². The Kier molecular flexibility index (Phi) is 37.5. The van der Waals surface area contributed by atoms with Crippen molar-refractivity contribution in [1.82, 2.24) is 0 Å². The predicted molar refractivity (Wildman–Crippen MR) is 383 cm³/mol. The first kappa shape index (κ1) is 84.7. The van der Waals surface area contributed by atoms with Gasteiger partial charge < -0.3 is 101 Å². The van der Waals surface area contributed by atoms with Crippen LogP contribution < -0.4 is 0 Å². The normalized spacial score (nSPS) is 29.0. The summed E-state index contributed by atoms with van der Waals surface area (Å²) >= 11 is 0. The van der Waals surface area contributed by atoms with Crippen molar-refractivity contribution in [1.29, 1.82) is 0 Å².